The number of nitrogens with one attached hydrogen (secondary N) is 3. The van der Waals surface area contributed by atoms with Gasteiger partial charge in [-0.05, 0) is 69.9 Å². The standard InChI is InChI=1S/C36H54N4O8S/c1-23-17-19-24(20-18-23)49(46,47)22-37-32(43)30(41)26-15-13-11-9-7-8-10-12-14-16-27(39-34(45)48-35(2,3)4)33(44)40-21-25-28(36(25,5)6)29(40)31(42)38-26/h17-20,25-29H,7-16,21-22H2,1-6H3,(H,37,43)(H,38,42)(H,39,45)/t25?,26-,27?,28?,29-/m0/s1. The zero-order valence-electron chi connectivity index (χ0n) is 29.8. The van der Waals surface area contributed by atoms with Gasteiger partial charge in [-0.3, -0.25) is 19.2 Å². The van der Waals surface area contributed by atoms with E-state index in [0.29, 0.717) is 19.4 Å². The number of hydrogen-bond donors (Lipinski definition) is 3. The van der Waals surface area contributed by atoms with Crippen molar-refractivity contribution in [3.05, 3.63) is 29.8 Å². The third kappa shape index (κ3) is 9.82. The molecule has 13 heteroatoms. The molecule has 3 unspecified atom stereocenters. The van der Waals surface area contributed by atoms with Crippen LogP contribution in [0.4, 0.5) is 4.79 Å². The molecule has 1 aliphatic carbocycles. The second kappa shape index (κ2) is 15.6. The molecule has 49 heavy (non-hydrogen) atoms. The van der Waals surface area contributed by atoms with Crippen molar-refractivity contribution >= 4 is 39.4 Å². The number of piperidine rings is 1. The molecule has 3 N–H and O–H groups in total. The number of sulfone groups is 1. The van der Waals surface area contributed by atoms with E-state index < -0.39 is 63.1 Å². The highest BCUT2D eigenvalue weighted by molar-refractivity contribution is 7.91. The molecule has 0 spiro atoms. The first kappa shape index (κ1) is 38.3. The van der Waals surface area contributed by atoms with Gasteiger partial charge in [-0.2, -0.15) is 0 Å². The summed E-state index contributed by atoms with van der Waals surface area (Å²) in [4.78, 5) is 69.2. The number of ketones is 1. The van der Waals surface area contributed by atoms with Crippen molar-refractivity contribution < 1.29 is 37.1 Å². The molecule has 0 bridgehead atoms. The van der Waals surface area contributed by atoms with Crippen LogP contribution in [0.1, 0.15) is 104 Å². The zero-order chi connectivity index (χ0) is 36.1. The molecule has 3 fully saturated rings. The molecule has 4 rings (SSSR count). The van der Waals surface area contributed by atoms with Crippen LogP contribution in [0.5, 0.6) is 0 Å². The second-order valence-corrected chi connectivity index (χ2v) is 17.5. The summed E-state index contributed by atoms with van der Waals surface area (Å²) >= 11 is 0. The summed E-state index contributed by atoms with van der Waals surface area (Å²) in [6.07, 6.45) is 6.78. The van der Waals surface area contributed by atoms with E-state index in [4.69, 9.17) is 4.74 Å². The van der Waals surface area contributed by atoms with E-state index in [1.54, 1.807) is 32.9 Å². The molecule has 3 aliphatic rings. The lowest BCUT2D eigenvalue weighted by Gasteiger charge is -2.34. The quantitative estimate of drug-likeness (QED) is 0.371. The normalized spacial score (nSPS) is 26.7. The molecule has 1 aromatic carbocycles. The lowest BCUT2D eigenvalue weighted by atomic mass is 9.97. The molecule has 0 aromatic heterocycles. The monoisotopic (exact) mass is 702 g/mol. The van der Waals surface area contributed by atoms with E-state index in [2.05, 4.69) is 16.0 Å². The van der Waals surface area contributed by atoms with E-state index in [0.717, 1.165) is 50.5 Å². The van der Waals surface area contributed by atoms with Crippen molar-refractivity contribution in [3.8, 4) is 0 Å². The van der Waals surface area contributed by atoms with Gasteiger partial charge in [0, 0.05) is 6.54 Å². The Balaban J connectivity index is 1.54. The Labute approximate surface area is 290 Å². The maximum Gasteiger partial charge on any atom is 0.408 e. The van der Waals surface area contributed by atoms with Gasteiger partial charge in [0.25, 0.3) is 5.91 Å². The molecule has 0 radical (unpaired) electrons. The summed E-state index contributed by atoms with van der Waals surface area (Å²) in [5.74, 6) is -3.81. The molecule has 2 saturated heterocycles. The number of hydrogen-bond acceptors (Lipinski definition) is 8. The van der Waals surface area contributed by atoms with Gasteiger partial charge in [0.15, 0.2) is 9.84 Å². The van der Waals surface area contributed by atoms with E-state index in [9.17, 15) is 32.4 Å². The Kier molecular flexibility index (Phi) is 12.2. The Morgan fingerprint density at radius 3 is 2.10 bits per heavy atom. The Morgan fingerprint density at radius 1 is 0.939 bits per heavy atom. The minimum Gasteiger partial charge on any atom is -0.444 e. The Bertz CT molecular complexity index is 1500. The predicted octanol–water partition coefficient (Wildman–Crippen LogP) is 4.19. The van der Waals surface area contributed by atoms with E-state index in [-0.39, 0.29) is 34.5 Å². The fourth-order valence-corrected chi connectivity index (χ4v) is 8.28. The highest BCUT2D eigenvalue weighted by Crippen LogP contribution is 2.65. The molecule has 5 atom stereocenters. The number of alkyl carbamates (subject to hydrolysis) is 1. The second-order valence-electron chi connectivity index (χ2n) is 15.5. The van der Waals surface area contributed by atoms with Crippen molar-refractivity contribution in [1.82, 2.24) is 20.9 Å². The van der Waals surface area contributed by atoms with Crippen LogP contribution in [-0.2, 0) is 33.8 Å². The van der Waals surface area contributed by atoms with Crippen LogP contribution >= 0.6 is 0 Å². The molecule has 1 saturated carbocycles. The number of Topliss-reactive ketones (excluding diaryl/α,β-unsaturated/α-hetero) is 1. The van der Waals surface area contributed by atoms with E-state index >= 15 is 0 Å². The Morgan fingerprint density at radius 2 is 1.51 bits per heavy atom. The summed E-state index contributed by atoms with van der Waals surface area (Å²) in [5, 5.41) is 7.81. The van der Waals surface area contributed by atoms with Gasteiger partial charge in [0.05, 0.1) is 10.9 Å². The maximum absolute atomic E-state index is 14.1. The van der Waals surface area contributed by atoms with Gasteiger partial charge in [0.1, 0.15) is 23.6 Å². The van der Waals surface area contributed by atoms with Crippen molar-refractivity contribution in [1.29, 1.82) is 0 Å². The minimum atomic E-state index is -3.91. The number of ether oxygens (including phenoxy) is 1. The molecule has 4 amide bonds. The number of fused-ring (bicyclic) bond motifs is 3. The number of carbonyl (C=O) groups is 5. The van der Waals surface area contributed by atoms with E-state index in [1.165, 1.54) is 17.0 Å². The number of rotatable bonds is 6. The minimum absolute atomic E-state index is 0.0201. The van der Waals surface area contributed by atoms with Crippen LogP contribution < -0.4 is 16.0 Å². The number of benzene rings is 1. The van der Waals surface area contributed by atoms with Gasteiger partial charge in [-0.1, -0.05) is 82.9 Å². The number of amides is 4. The van der Waals surface area contributed by atoms with Crippen LogP contribution in [0.25, 0.3) is 0 Å². The third-order valence-corrected chi connectivity index (χ3v) is 11.7. The topological polar surface area (TPSA) is 168 Å². The van der Waals surface area contributed by atoms with Crippen LogP contribution in [0, 0.1) is 24.2 Å². The largest absolute Gasteiger partial charge is 0.444 e. The average molecular weight is 703 g/mol. The molecule has 1 aromatic rings. The highest BCUT2D eigenvalue weighted by atomic mass is 32.2. The third-order valence-electron chi connectivity index (χ3n) is 10.1. The fourth-order valence-electron chi connectivity index (χ4n) is 7.24. The van der Waals surface area contributed by atoms with Gasteiger partial charge in [0.2, 0.25) is 17.6 Å². The van der Waals surface area contributed by atoms with Gasteiger partial charge in [-0.15, -0.1) is 0 Å². The highest BCUT2D eigenvalue weighted by Gasteiger charge is 2.69. The van der Waals surface area contributed by atoms with Gasteiger partial charge < -0.3 is 25.6 Å². The first-order chi connectivity index (χ1) is 22.9. The SMILES string of the molecule is Cc1ccc(S(=O)(=O)CNC(=O)C(=O)[C@@H]2CCCCCCCCCCC(NC(=O)OC(C)(C)C)C(=O)N3CC4C([C@H]3C(=O)N2)C4(C)C)cc1. The zero-order valence-corrected chi connectivity index (χ0v) is 30.6. The maximum atomic E-state index is 14.1. The lowest BCUT2D eigenvalue weighted by Crippen LogP contribution is -2.58. The summed E-state index contributed by atoms with van der Waals surface area (Å²) in [6, 6.07) is 3.20. The predicted molar refractivity (Wildman–Crippen MR) is 184 cm³/mol. The van der Waals surface area contributed by atoms with Crippen molar-refractivity contribution in [2.45, 2.75) is 134 Å². The van der Waals surface area contributed by atoms with Crippen molar-refractivity contribution in [2.24, 2.45) is 17.3 Å². The van der Waals surface area contributed by atoms with E-state index in [1.807, 2.05) is 20.8 Å². The summed E-state index contributed by atoms with van der Waals surface area (Å²) < 4.78 is 31.1. The van der Waals surface area contributed by atoms with Gasteiger partial charge >= 0.3 is 6.09 Å². The van der Waals surface area contributed by atoms with Crippen molar-refractivity contribution in [2.75, 3.05) is 12.4 Å². The molecular weight excluding hydrogens is 648 g/mol. The van der Waals surface area contributed by atoms with Crippen LogP contribution in [0.3, 0.4) is 0 Å². The smallest absolute Gasteiger partial charge is 0.408 e. The van der Waals surface area contributed by atoms with Crippen LogP contribution in [-0.4, -0.2) is 79.1 Å². The van der Waals surface area contributed by atoms with Crippen LogP contribution in [0.2, 0.25) is 0 Å². The van der Waals surface area contributed by atoms with Gasteiger partial charge in [-0.25, -0.2) is 13.2 Å². The average Bonchev–Trinajstić information content (AvgIpc) is 3.32. The first-order valence-corrected chi connectivity index (χ1v) is 19.3. The number of aryl methyl sites for hydroxylation is 1. The molecule has 12 nitrogen and oxygen atoms in total. The molecule has 2 aliphatic heterocycles. The molecule has 2 heterocycles. The molecule has 272 valence electrons. The van der Waals surface area contributed by atoms with Crippen molar-refractivity contribution in [3.63, 3.8) is 0 Å². The number of carbonyl (C=O) groups excluding carboxylic acids is 5. The molecular formula is C36H54N4O8S. The van der Waals surface area contributed by atoms with Crippen LogP contribution in [0.15, 0.2) is 29.2 Å². The summed E-state index contributed by atoms with van der Waals surface area (Å²) in [7, 11) is -3.91. The summed E-state index contributed by atoms with van der Waals surface area (Å²) in [5.41, 5.74) is -0.0975. The number of nitrogens with zero attached hydrogens (tertiary/aromatic N) is 1. The fraction of sp³-hybridized carbons (Fsp3) is 0.694. The lowest BCUT2D eigenvalue weighted by molar-refractivity contribution is -0.144. The Hall–Kier alpha value is -3.48. The first-order valence-electron chi connectivity index (χ1n) is 17.6. The summed E-state index contributed by atoms with van der Waals surface area (Å²) in [6.45, 7) is 11.5.